The quantitative estimate of drug-likeness (QED) is 0.594. The van der Waals surface area contributed by atoms with Crippen molar-refractivity contribution >= 4 is 8.32 Å². The van der Waals surface area contributed by atoms with E-state index in [-0.39, 0.29) is 5.04 Å². The molecule has 3 aliphatic rings. The van der Waals surface area contributed by atoms with Gasteiger partial charge in [-0.1, -0.05) is 26.8 Å². The Morgan fingerprint density at radius 1 is 1.04 bits per heavy atom. The summed E-state index contributed by atoms with van der Waals surface area (Å²) in [6.45, 7) is 15.4. The van der Waals surface area contributed by atoms with Gasteiger partial charge in [0.2, 0.25) is 0 Å². The summed E-state index contributed by atoms with van der Waals surface area (Å²) in [7, 11) is -1.96. The second-order valence-corrected chi connectivity index (χ2v) is 13.7. The van der Waals surface area contributed by atoms with Crippen LogP contribution in [0.15, 0.2) is 12.1 Å². The van der Waals surface area contributed by atoms with Gasteiger partial charge < -0.3 is 18.6 Å². The first-order valence-electron chi connectivity index (χ1n) is 9.41. The van der Waals surface area contributed by atoms with E-state index in [1.54, 1.807) is 0 Å². The molecule has 0 bridgehead atoms. The maximum Gasteiger partial charge on any atom is 0.199 e. The van der Waals surface area contributed by atoms with Crippen molar-refractivity contribution in [3.8, 4) is 0 Å². The molecule has 0 radical (unpaired) electrons. The molecule has 1 spiro atoms. The van der Waals surface area contributed by atoms with Crippen LogP contribution in [0.5, 0.6) is 0 Å². The van der Waals surface area contributed by atoms with Crippen molar-refractivity contribution in [2.45, 2.75) is 70.2 Å². The van der Waals surface area contributed by atoms with Crippen molar-refractivity contribution in [2.75, 3.05) is 19.8 Å². The van der Waals surface area contributed by atoms with E-state index in [4.69, 9.17) is 18.6 Å². The Hall–Kier alpha value is -0.723. The highest BCUT2D eigenvalue weighted by Crippen LogP contribution is 2.54. The summed E-state index contributed by atoms with van der Waals surface area (Å²) < 4.78 is 24.8. The van der Waals surface area contributed by atoms with Crippen LogP contribution in [0, 0.1) is 0 Å². The molecule has 1 saturated heterocycles. The van der Waals surface area contributed by atoms with Gasteiger partial charge in [-0.2, -0.15) is 0 Å². The number of benzene rings is 1. The Balaban J connectivity index is 1.70. The first-order chi connectivity index (χ1) is 11.6. The number of hydrogen-bond donors (Lipinski definition) is 0. The summed E-state index contributed by atoms with van der Waals surface area (Å²) in [6.07, 6.45) is 1.70. The molecule has 0 aromatic heterocycles. The molecule has 1 heterocycles. The smallest absolute Gasteiger partial charge is 0.199 e. The van der Waals surface area contributed by atoms with Crippen LogP contribution < -0.4 is 0 Å². The van der Waals surface area contributed by atoms with E-state index in [0.717, 1.165) is 12.8 Å². The molecule has 0 saturated carbocycles. The zero-order valence-corrected chi connectivity index (χ0v) is 17.3. The summed E-state index contributed by atoms with van der Waals surface area (Å²) in [5.41, 5.74) is 5.04. The van der Waals surface area contributed by atoms with Crippen molar-refractivity contribution in [2.24, 2.45) is 0 Å². The molecule has 0 N–H and O–H groups in total. The van der Waals surface area contributed by atoms with Crippen molar-refractivity contribution in [1.29, 1.82) is 0 Å². The lowest BCUT2D eigenvalue weighted by Crippen LogP contribution is -2.55. The van der Waals surface area contributed by atoms with E-state index in [1.165, 1.54) is 22.3 Å². The van der Waals surface area contributed by atoms with Crippen molar-refractivity contribution in [3.05, 3.63) is 34.4 Å². The Morgan fingerprint density at radius 2 is 1.68 bits per heavy atom. The van der Waals surface area contributed by atoms with Crippen molar-refractivity contribution in [1.82, 2.24) is 0 Å². The van der Waals surface area contributed by atoms with Gasteiger partial charge in [0.25, 0.3) is 0 Å². The number of ether oxygens (including phenoxy) is 3. The van der Waals surface area contributed by atoms with Gasteiger partial charge in [-0.3, -0.25) is 0 Å². The average molecular weight is 363 g/mol. The minimum absolute atomic E-state index is 0.144. The maximum absolute atomic E-state index is 6.80. The Bertz CT molecular complexity index is 700. The van der Waals surface area contributed by atoms with Gasteiger partial charge in [-0.05, 0) is 42.2 Å². The Morgan fingerprint density at radius 3 is 2.28 bits per heavy atom. The van der Waals surface area contributed by atoms with E-state index in [0.29, 0.717) is 19.8 Å². The summed E-state index contributed by atoms with van der Waals surface area (Å²) in [6, 6.07) is 4.53. The molecule has 1 atom stereocenters. The molecule has 1 aromatic rings. The summed E-state index contributed by atoms with van der Waals surface area (Å²) in [4.78, 5) is 0. The van der Waals surface area contributed by atoms with Crippen LogP contribution in [-0.2, 0) is 43.1 Å². The second kappa shape index (κ2) is 5.39. The van der Waals surface area contributed by atoms with Crippen LogP contribution in [0.25, 0.3) is 0 Å². The van der Waals surface area contributed by atoms with Crippen LogP contribution in [0.4, 0.5) is 0 Å². The lowest BCUT2D eigenvalue weighted by atomic mass is 9.72. The molecule has 2 aliphatic carbocycles. The van der Waals surface area contributed by atoms with Crippen LogP contribution >= 0.6 is 0 Å². The van der Waals surface area contributed by atoms with E-state index >= 15 is 0 Å². The molecule has 25 heavy (non-hydrogen) atoms. The van der Waals surface area contributed by atoms with Gasteiger partial charge in [-0.15, -0.1) is 0 Å². The second-order valence-electron chi connectivity index (χ2n) is 9.02. The fraction of sp³-hybridized carbons (Fsp3) is 0.700. The number of hydrogen-bond acceptors (Lipinski definition) is 4. The van der Waals surface area contributed by atoms with Gasteiger partial charge in [0.1, 0.15) is 0 Å². The number of rotatable bonds is 4. The molecule has 1 aromatic carbocycles. The molecular weight excluding hydrogens is 332 g/mol. The van der Waals surface area contributed by atoms with Gasteiger partial charge >= 0.3 is 0 Å². The van der Waals surface area contributed by atoms with E-state index in [2.05, 4.69) is 46.0 Å². The fourth-order valence-electron chi connectivity index (χ4n) is 3.94. The zero-order chi connectivity index (χ0) is 18.1. The molecule has 4 nitrogen and oxygen atoms in total. The summed E-state index contributed by atoms with van der Waals surface area (Å²) >= 11 is 0. The maximum atomic E-state index is 6.80. The predicted octanol–water partition coefficient (Wildman–Crippen LogP) is 4.21. The summed E-state index contributed by atoms with van der Waals surface area (Å²) in [5, 5.41) is 0.144. The van der Waals surface area contributed by atoms with Crippen LogP contribution in [0.1, 0.15) is 49.9 Å². The fourth-order valence-corrected chi connectivity index (χ4v) is 5.31. The molecule has 1 aliphatic heterocycles. The van der Waals surface area contributed by atoms with Gasteiger partial charge in [0.05, 0.1) is 13.2 Å². The molecule has 4 rings (SSSR count). The van der Waals surface area contributed by atoms with Crippen LogP contribution in [-0.4, -0.2) is 28.1 Å². The molecule has 5 heteroatoms. The van der Waals surface area contributed by atoms with Crippen LogP contribution in [0.3, 0.4) is 0 Å². The molecule has 1 fully saturated rings. The third-order valence-corrected chi connectivity index (χ3v) is 10.8. The lowest BCUT2D eigenvalue weighted by Gasteiger charge is -2.52. The topological polar surface area (TPSA) is 36.9 Å². The Kier molecular flexibility index (Phi) is 3.81. The van der Waals surface area contributed by atoms with E-state index < -0.39 is 19.9 Å². The molecule has 1 unspecified atom stereocenters. The highest BCUT2D eigenvalue weighted by atomic mass is 28.4. The monoisotopic (exact) mass is 362 g/mol. The van der Waals surface area contributed by atoms with Crippen LogP contribution in [0.2, 0.25) is 18.1 Å². The molecular formula is C20H30O4Si. The minimum Gasteiger partial charge on any atom is -0.386 e. The van der Waals surface area contributed by atoms with E-state index in [9.17, 15) is 0 Å². The molecule has 0 amide bonds. The highest BCUT2D eigenvalue weighted by Gasteiger charge is 2.55. The van der Waals surface area contributed by atoms with E-state index in [1.807, 2.05) is 6.92 Å². The van der Waals surface area contributed by atoms with Crippen molar-refractivity contribution in [3.63, 3.8) is 0 Å². The van der Waals surface area contributed by atoms with Gasteiger partial charge in [0.15, 0.2) is 19.9 Å². The van der Waals surface area contributed by atoms with Crippen molar-refractivity contribution < 1.29 is 18.6 Å². The molecule has 138 valence electrons. The SMILES string of the molecule is CCOC1(O[Si](C)(C)C(C)(C)C)Cc2cc3c(cc21)C1(C3)OCCO1. The lowest BCUT2D eigenvalue weighted by molar-refractivity contribution is -0.214. The number of fused-ring (bicyclic) bond motifs is 3. The predicted molar refractivity (Wildman–Crippen MR) is 99.0 cm³/mol. The first kappa shape index (κ1) is 17.7. The average Bonchev–Trinajstić information content (AvgIpc) is 2.95. The standard InChI is InChI=1S/C20H30O4Si/c1-7-21-20(24-25(5,6)18(2,3)4)13-15-10-14-12-19(22-8-9-23-19)16(14)11-17(15)20/h10-11H,7-9,12-13H2,1-6H3. The normalized spacial score (nSPS) is 26.8. The largest absolute Gasteiger partial charge is 0.386 e. The third-order valence-electron chi connectivity index (χ3n) is 6.35. The first-order valence-corrected chi connectivity index (χ1v) is 12.3. The Labute approximate surface area is 151 Å². The zero-order valence-electron chi connectivity index (χ0n) is 16.3. The highest BCUT2D eigenvalue weighted by molar-refractivity contribution is 6.74. The third kappa shape index (κ3) is 2.47. The minimum atomic E-state index is -1.96. The van der Waals surface area contributed by atoms with Gasteiger partial charge in [-0.25, -0.2) is 0 Å². The van der Waals surface area contributed by atoms with Gasteiger partial charge in [0, 0.05) is 30.6 Å². The summed E-state index contributed by atoms with van der Waals surface area (Å²) in [5.74, 6) is -1.10.